The average molecular weight is 411 g/mol. The SMILES string of the molecule is CCc1ccc(NC(=O)CSc2nnc(Cc3ccccc3)n2CCOC)cc1. The minimum absolute atomic E-state index is 0.0647. The number of ether oxygens (including phenoxy) is 1. The van der Waals surface area contributed by atoms with E-state index in [0.717, 1.165) is 23.1 Å². The summed E-state index contributed by atoms with van der Waals surface area (Å²) in [5.74, 6) is 1.07. The number of hydrogen-bond donors (Lipinski definition) is 1. The zero-order valence-electron chi connectivity index (χ0n) is 16.8. The first kappa shape index (κ1) is 21.1. The molecule has 1 amide bonds. The standard InChI is InChI=1S/C22H26N4O2S/c1-3-17-9-11-19(12-10-17)23-21(27)16-29-22-25-24-20(26(22)13-14-28-2)15-18-7-5-4-6-8-18/h4-12H,3,13-16H2,1-2H3,(H,23,27). The molecule has 0 fully saturated rings. The number of carbonyl (C=O) groups is 1. The summed E-state index contributed by atoms with van der Waals surface area (Å²) in [6.45, 7) is 3.31. The minimum atomic E-state index is -0.0647. The van der Waals surface area contributed by atoms with Gasteiger partial charge in [0.25, 0.3) is 0 Å². The van der Waals surface area contributed by atoms with E-state index in [1.165, 1.54) is 22.9 Å². The van der Waals surface area contributed by atoms with Crippen LogP contribution in [0.1, 0.15) is 23.9 Å². The van der Waals surface area contributed by atoms with Gasteiger partial charge in [0, 0.05) is 25.8 Å². The minimum Gasteiger partial charge on any atom is -0.383 e. The van der Waals surface area contributed by atoms with Crippen molar-refractivity contribution in [2.45, 2.75) is 31.5 Å². The van der Waals surface area contributed by atoms with Crippen LogP contribution in [0, 0.1) is 0 Å². The molecule has 1 N–H and O–H groups in total. The second-order valence-corrected chi connectivity index (χ2v) is 7.54. The highest BCUT2D eigenvalue weighted by atomic mass is 32.2. The second-order valence-electron chi connectivity index (χ2n) is 6.59. The van der Waals surface area contributed by atoms with E-state index in [1.54, 1.807) is 7.11 Å². The largest absolute Gasteiger partial charge is 0.383 e. The molecule has 1 aromatic heterocycles. The number of aromatic nitrogens is 3. The summed E-state index contributed by atoms with van der Waals surface area (Å²) in [7, 11) is 1.67. The van der Waals surface area contributed by atoms with Crippen LogP contribution in [0.25, 0.3) is 0 Å². The van der Waals surface area contributed by atoms with E-state index in [-0.39, 0.29) is 11.7 Å². The van der Waals surface area contributed by atoms with Crippen molar-refractivity contribution in [3.8, 4) is 0 Å². The van der Waals surface area contributed by atoms with Gasteiger partial charge in [0.05, 0.1) is 12.4 Å². The molecule has 0 saturated heterocycles. The molecule has 0 unspecified atom stereocenters. The molecule has 1 heterocycles. The van der Waals surface area contributed by atoms with Crippen LogP contribution in [-0.2, 0) is 28.9 Å². The van der Waals surface area contributed by atoms with Gasteiger partial charge in [-0.3, -0.25) is 4.79 Å². The maximum absolute atomic E-state index is 12.3. The number of rotatable bonds is 10. The molecule has 29 heavy (non-hydrogen) atoms. The number of hydrogen-bond acceptors (Lipinski definition) is 5. The van der Waals surface area contributed by atoms with Gasteiger partial charge in [0.15, 0.2) is 5.16 Å². The van der Waals surface area contributed by atoms with Crippen LogP contribution in [0.5, 0.6) is 0 Å². The average Bonchev–Trinajstić information content (AvgIpc) is 3.13. The molecule has 152 valence electrons. The summed E-state index contributed by atoms with van der Waals surface area (Å²) < 4.78 is 7.27. The molecule has 2 aromatic carbocycles. The summed E-state index contributed by atoms with van der Waals surface area (Å²) in [5, 5.41) is 12.3. The highest BCUT2D eigenvalue weighted by molar-refractivity contribution is 7.99. The van der Waals surface area contributed by atoms with Crippen molar-refractivity contribution in [3.63, 3.8) is 0 Å². The van der Waals surface area contributed by atoms with Gasteiger partial charge in [-0.1, -0.05) is 61.2 Å². The number of nitrogens with zero attached hydrogens (tertiary/aromatic N) is 3. The zero-order chi connectivity index (χ0) is 20.5. The fraction of sp³-hybridized carbons (Fsp3) is 0.318. The molecule has 0 atom stereocenters. The maximum Gasteiger partial charge on any atom is 0.234 e. The molecule has 0 radical (unpaired) electrons. The first-order valence-corrected chi connectivity index (χ1v) is 10.6. The number of methoxy groups -OCH3 is 1. The van der Waals surface area contributed by atoms with E-state index in [1.807, 2.05) is 47.0 Å². The number of aryl methyl sites for hydroxylation is 1. The molecule has 3 rings (SSSR count). The van der Waals surface area contributed by atoms with Crippen LogP contribution >= 0.6 is 11.8 Å². The number of thioether (sulfide) groups is 1. The van der Waals surface area contributed by atoms with Crippen molar-refractivity contribution in [2.75, 3.05) is 24.8 Å². The molecule has 0 saturated carbocycles. The highest BCUT2D eigenvalue weighted by Gasteiger charge is 2.15. The van der Waals surface area contributed by atoms with Gasteiger partial charge in [0.1, 0.15) is 5.82 Å². The Hall–Kier alpha value is -2.64. The molecule has 0 spiro atoms. The van der Waals surface area contributed by atoms with Crippen molar-refractivity contribution in [1.82, 2.24) is 14.8 Å². The van der Waals surface area contributed by atoms with Crippen molar-refractivity contribution in [1.29, 1.82) is 0 Å². The summed E-state index contributed by atoms with van der Waals surface area (Å²) >= 11 is 1.39. The summed E-state index contributed by atoms with van der Waals surface area (Å²) in [4.78, 5) is 12.3. The van der Waals surface area contributed by atoms with Crippen molar-refractivity contribution < 1.29 is 9.53 Å². The third-order valence-corrected chi connectivity index (χ3v) is 5.46. The Balaban J connectivity index is 1.63. The molecule has 3 aromatic rings. The number of amides is 1. The van der Waals surface area contributed by atoms with Crippen molar-refractivity contribution in [2.24, 2.45) is 0 Å². The van der Waals surface area contributed by atoms with Gasteiger partial charge in [-0.15, -0.1) is 10.2 Å². The predicted molar refractivity (Wildman–Crippen MR) is 116 cm³/mol. The van der Waals surface area contributed by atoms with Gasteiger partial charge < -0.3 is 14.6 Å². The molecule has 7 heteroatoms. The van der Waals surface area contributed by atoms with Crippen LogP contribution in [0.2, 0.25) is 0 Å². The lowest BCUT2D eigenvalue weighted by atomic mass is 10.1. The fourth-order valence-electron chi connectivity index (χ4n) is 2.89. The Labute approximate surface area is 175 Å². The van der Waals surface area contributed by atoms with Crippen LogP contribution in [0.3, 0.4) is 0 Å². The fourth-order valence-corrected chi connectivity index (χ4v) is 3.68. The maximum atomic E-state index is 12.3. The topological polar surface area (TPSA) is 69.0 Å². The Morgan fingerprint density at radius 3 is 2.52 bits per heavy atom. The Morgan fingerprint density at radius 1 is 1.07 bits per heavy atom. The van der Waals surface area contributed by atoms with E-state index in [2.05, 4.69) is 34.6 Å². The van der Waals surface area contributed by atoms with Crippen LogP contribution in [0.4, 0.5) is 5.69 Å². The van der Waals surface area contributed by atoms with Gasteiger partial charge in [-0.05, 0) is 29.7 Å². The number of carbonyl (C=O) groups excluding carboxylic acids is 1. The van der Waals surface area contributed by atoms with E-state index in [0.29, 0.717) is 19.6 Å². The van der Waals surface area contributed by atoms with Crippen molar-refractivity contribution >= 4 is 23.4 Å². The molecular formula is C22H26N4O2S. The van der Waals surface area contributed by atoms with E-state index in [9.17, 15) is 4.79 Å². The van der Waals surface area contributed by atoms with E-state index < -0.39 is 0 Å². The number of nitrogens with one attached hydrogen (secondary N) is 1. The third kappa shape index (κ3) is 6.17. The van der Waals surface area contributed by atoms with Gasteiger partial charge in [-0.2, -0.15) is 0 Å². The third-order valence-electron chi connectivity index (χ3n) is 4.50. The highest BCUT2D eigenvalue weighted by Crippen LogP contribution is 2.20. The lowest BCUT2D eigenvalue weighted by molar-refractivity contribution is -0.113. The van der Waals surface area contributed by atoms with E-state index >= 15 is 0 Å². The second kappa shape index (κ2) is 10.8. The molecule has 0 aliphatic carbocycles. The summed E-state index contributed by atoms with van der Waals surface area (Å²) in [6.07, 6.45) is 1.67. The molecule has 0 aliphatic rings. The monoisotopic (exact) mass is 410 g/mol. The molecule has 0 aliphatic heterocycles. The van der Waals surface area contributed by atoms with Gasteiger partial charge in [-0.25, -0.2) is 0 Å². The first-order chi connectivity index (χ1) is 14.2. The number of anilines is 1. The zero-order valence-corrected chi connectivity index (χ0v) is 17.6. The van der Waals surface area contributed by atoms with Crippen molar-refractivity contribution in [3.05, 3.63) is 71.5 Å². The summed E-state index contributed by atoms with van der Waals surface area (Å²) in [5.41, 5.74) is 3.22. The quantitative estimate of drug-likeness (QED) is 0.515. The van der Waals surface area contributed by atoms with Crippen LogP contribution < -0.4 is 5.32 Å². The van der Waals surface area contributed by atoms with Gasteiger partial charge >= 0.3 is 0 Å². The Kier molecular flexibility index (Phi) is 7.84. The predicted octanol–water partition coefficient (Wildman–Crippen LogP) is 3.81. The Morgan fingerprint density at radius 2 is 1.83 bits per heavy atom. The van der Waals surface area contributed by atoms with Crippen LogP contribution in [0.15, 0.2) is 59.8 Å². The lowest BCUT2D eigenvalue weighted by Crippen LogP contribution is -2.15. The summed E-state index contributed by atoms with van der Waals surface area (Å²) in [6, 6.07) is 18.1. The first-order valence-electron chi connectivity index (χ1n) is 9.66. The molecule has 6 nitrogen and oxygen atoms in total. The normalized spacial score (nSPS) is 10.8. The molecule has 0 bridgehead atoms. The Bertz CT molecular complexity index is 910. The van der Waals surface area contributed by atoms with E-state index in [4.69, 9.17) is 4.74 Å². The van der Waals surface area contributed by atoms with Crippen LogP contribution in [-0.4, -0.2) is 40.1 Å². The smallest absolute Gasteiger partial charge is 0.234 e. The number of benzene rings is 2. The molecular weight excluding hydrogens is 384 g/mol. The lowest BCUT2D eigenvalue weighted by Gasteiger charge is -2.10. The van der Waals surface area contributed by atoms with Gasteiger partial charge in [0.2, 0.25) is 5.91 Å².